The normalized spacial score (nSPS) is 50.4. The summed E-state index contributed by atoms with van der Waals surface area (Å²) >= 11 is 0. The number of rotatable bonds is 32. The summed E-state index contributed by atoms with van der Waals surface area (Å²) in [6.07, 6.45) is -108. The van der Waals surface area contributed by atoms with Crippen LogP contribution in [0.15, 0.2) is 0 Å². The van der Waals surface area contributed by atoms with Gasteiger partial charge in [0, 0.05) is 27.7 Å². The van der Waals surface area contributed by atoms with Crippen molar-refractivity contribution in [1.82, 2.24) is 21.3 Å². The molecule has 11 aliphatic heterocycles. The van der Waals surface area contributed by atoms with E-state index >= 15 is 0 Å². The van der Waals surface area contributed by atoms with Crippen molar-refractivity contribution in [3.63, 3.8) is 0 Å². The van der Waals surface area contributed by atoms with Crippen molar-refractivity contribution >= 4 is 23.6 Å². The molecule has 752 valence electrons. The molecule has 57 heteroatoms. The Bertz CT molecular complexity index is 3560. The van der Waals surface area contributed by atoms with E-state index in [2.05, 4.69) is 21.3 Å². The summed E-state index contributed by atoms with van der Waals surface area (Å²) in [6, 6.07) is -7.91. The third kappa shape index (κ3) is 23.2. The summed E-state index contributed by atoms with van der Waals surface area (Å²) in [5.74, 6) is -3.90. The molecular weight excluding hydrogens is 1780 g/mol. The zero-order chi connectivity index (χ0) is 95.5. The van der Waals surface area contributed by atoms with Crippen molar-refractivity contribution in [2.75, 3.05) is 59.5 Å². The molecule has 0 unspecified atom stereocenters. The molecule has 57 nitrogen and oxygen atoms in total. The van der Waals surface area contributed by atoms with Gasteiger partial charge in [-0.2, -0.15) is 0 Å². The van der Waals surface area contributed by atoms with Crippen LogP contribution in [-0.4, -0.2) is 557 Å². The third-order valence-corrected chi connectivity index (χ3v) is 24.1. The summed E-state index contributed by atoms with van der Waals surface area (Å²) in [5.41, 5.74) is 0. The summed E-state index contributed by atoms with van der Waals surface area (Å²) < 4.78 is 129. The van der Waals surface area contributed by atoms with E-state index in [1.54, 1.807) is 0 Å². The molecule has 4 amide bonds. The van der Waals surface area contributed by atoms with Gasteiger partial charge in [-0.25, -0.2) is 0 Å². The molecule has 0 radical (unpaired) electrons. The number of carbonyl (C=O) groups is 4. The maximum Gasteiger partial charge on any atom is 0.217 e. The first-order valence-corrected chi connectivity index (χ1v) is 41.8. The molecule has 11 aliphatic rings. The van der Waals surface area contributed by atoms with Crippen LogP contribution in [0.4, 0.5) is 0 Å². The van der Waals surface area contributed by atoms with E-state index < -0.39 is 415 Å². The van der Waals surface area contributed by atoms with Crippen molar-refractivity contribution in [3.05, 3.63) is 0 Å². The predicted octanol–water partition coefficient (Wildman–Crippen LogP) is -21.7. The molecule has 11 rings (SSSR count). The lowest BCUT2D eigenvalue weighted by atomic mass is 9.93. The number of ether oxygens (including phenoxy) is 21. The molecule has 0 aromatic rings. The molecule has 32 N–H and O–H groups in total. The zero-order valence-corrected chi connectivity index (χ0v) is 70.3. The van der Waals surface area contributed by atoms with Gasteiger partial charge in [-0.1, -0.05) is 0 Å². The van der Waals surface area contributed by atoms with Crippen molar-refractivity contribution < 1.29 is 262 Å². The number of hydrogen-bond acceptors (Lipinski definition) is 53. The number of aliphatic hydroxyl groups is 28. The van der Waals surface area contributed by atoms with Crippen molar-refractivity contribution in [3.8, 4) is 0 Å². The maximum absolute atomic E-state index is 13.7. The molecule has 54 atom stereocenters. The highest BCUT2D eigenvalue weighted by Gasteiger charge is 2.64. The van der Waals surface area contributed by atoms with Gasteiger partial charge in [0.05, 0.1) is 71.7 Å². The Morgan fingerprint density at radius 1 is 0.246 bits per heavy atom. The van der Waals surface area contributed by atoms with Crippen LogP contribution in [0, 0.1) is 0 Å². The van der Waals surface area contributed by atoms with Crippen LogP contribution in [0.3, 0.4) is 0 Å². The zero-order valence-electron chi connectivity index (χ0n) is 70.3. The smallest absolute Gasteiger partial charge is 0.217 e. The molecule has 0 aliphatic carbocycles. The van der Waals surface area contributed by atoms with Gasteiger partial charge in [-0.05, 0) is 13.8 Å². The van der Waals surface area contributed by atoms with Crippen LogP contribution in [0.5, 0.6) is 0 Å². The van der Waals surface area contributed by atoms with Crippen LogP contribution in [0.25, 0.3) is 0 Å². The van der Waals surface area contributed by atoms with E-state index in [-0.39, 0.29) is 0 Å². The lowest BCUT2D eigenvalue weighted by Gasteiger charge is -2.53. The fourth-order valence-corrected chi connectivity index (χ4v) is 17.0. The first kappa shape index (κ1) is 106. The Kier molecular flexibility index (Phi) is 37.7. The summed E-state index contributed by atoms with van der Waals surface area (Å²) in [6.45, 7) is -4.38. The SMILES string of the molecule is CC(=O)N[C@@H]1[C@@H](O[C@@H]2O[C@@H](C)[C@@H](O)[C@@H](O)[C@@H]2O)[C@H](O[C@@H]2O[C@H](CO)[C@@H](O[C@@H]3O[C@H](CO[C@H]4O[C@H](CO)[C@@H](O)[C@H](O)[C@@H]4O[C@@H]4O[C@H](CO)[C@@H](O)[C@H](O)[C@H]4NC(C)=O)[C@@H](O)[C@H](O[C@H]4O[C@H](CO)[C@@H](O)[C@H](O)[C@@H]4O[C@@H]4O[C@H](CO)[C@@H](O[C@@H]5O[C@@H](C)[C@@H](O)[C@@H](O)[C@@H]5O)[C@H](O[C@@H]5O[C@H](CO)[C@H](O)[C@H](O)[C@H]5O)[C@H]4NC(C)=O)[C@@H]3O[C@@H]3OC[C@@H](O)[C@H](O)[C@H]3O)[C@H](O)[C@H]2NC(C)=O)[C@@H](CO)O[C@H]1O. The van der Waals surface area contributed by atoms with Crippen LogP contribution in [0.2, 0.25) is 0 Å². The quantitative estimate of drug-likeness (QED) is 0.0297. The molecule has 0 saturated carbocycles. The van der Waals surface area contributed by atoms with Crippen LogP contribution in [0.1, 0.15) is 41.5 Å². The van der Waals surface area contributed by atoms with E-state index in [1.807, 2.05) is 0 Å². The molecule has 11 fully saturated rings. The lowest BCUT2D eigenvalue weighted by molar-refractivity contribution is -0.414. The Morgan fingerprint density at radius 2 is 0.554 bits per heavy atom. The largest absolute Gasteiger partial charge is 0.394 e. The van der Waals surface area contributed by atoms with Gasteiger partial charge in [-0.3, -0.25) is 19.2 Å². The Hall–Kier alpha value is -4.08. The minimum Gasteiger partial charge on any atom is -0.394 e. The van der Waals surface area contributed by atoms with E-state index in [0.29, 0.717) is 0 Å². The van der Waals surface area contributed by atoms with E-state index in [4.69, 9.17) is 99.5 Å². The molecular formula is C73H122N4O53. The molecule has 11 saturated heterocycles. The third-order valence-electron chi connectivity index (χ3n) is 24.1. The number of carbonyl (C=O) groups excluding carboxylic acids is 4. The first-order valence-electron chi connectivity index (χ1n) is 41.8. The Labute approximate surface area is 736 Å². The van der Waals surface area contributed by atoms with Gasteiger partial charge in [0.1, 0.15) is 250 Å². The highest BCUT2D eigenvalue weighted by molar-refractivity contribution is 5.74. The molecule has 0 spiro atoms. The molecule has 11 heterocycles. The minimum atomic E-state index is -2.65. The second kappa shape index (κ2) is 46.1. The first-order chi connectivity index (χ1) is 61.5. The second-order valence-corrected chi connectivity index (χ2v) is 33.3. The number of amides is 4. The average molecular weight is 1900 g/mol. The minimum absolute atomic E-state index is 0.880. The molecule has 0 aromatic carbocycles. The van der Waals surface area contributed by atoms with Gasteiger partial charge in [0.2, 0.25) is 23.6 Å². The van der Waals surface area contributed by atoms with Crippen LogP contribution < -0.4 is 21.3 Å². The van der Waals surface area contributed by atoms with Gasteiger partial charge >= 0.3 is 0 Å². The average Bonchev–Trinajstić information content (AvgIpc) is 0.751. The van der Waals surface area contributed by atoms with E-state index in [9.17, 15) is 162 Å². The summed E-state index contributed by atoms with van der Waals surface area (Å²) in [5, 5.41) is 326. The monoisotopic (exact) mass is 1900 g/mol. The van der Waals surface area contributed by atoms with E-state index in [0.717, 1.165) is 27.7 Å². The molecule has 0 bridgehead atoms. The van der Waals surface area contributed by atoms with Crippen molar-refractivity contribution in [2.45, 2.75) is 373 Å². The van der Waals surface area contributed by atoms with Gasteiger partial charge in [0.15, 0.2) is 69.2 Å². The Morgan fingerprint density at radius 3 is 1.04 bits per heavy atom. The highest BCUT2D eigenvalue weighted by atomic mass is 16.8. The fraction of sp³-hybridized carbons (Fsp3) is 0.945. The predicted molar refractivity (Wildman–Crippen MR) is 400 cm³/mol. The van der Waals surface area contributed by atoms with Crippen LogP contribution >= 0.6 is 0 Å². The van der Waals surface area contributed by atoms with Crippen LogP contribution in [-0.2, 0) is 119 Å². The number of aliphatic hydroxyl groups excluding tert-OH is 28. The number of nitrogens with one attached hydrogen (secondary N) is 4. The van der Waals surface area contributed by atoms with Gasteiger partial charge in [-0.15, -0.1) is 0 Å². The van der Waals surface area contributed by atoms with Crippen molar-refractivity contribution in [1.29, 1.82) is 0 Å². The molecule has 0 aromatic heterocycles. The van der Waals surface area contributed by atoms with Gasteiger partial charge < -0.3 is 264 Å². The fourth-order valence-electron chi connectivity index (χ4n) is 17.0. The summed E-state index contributed by atoms with van der Waals surface area (Å²) in [4.78, 5) is 52.8. The maximum atomic E-state index is 13.7. The topological polar surface area (TPSA) is 877 Å². The van der Waals surface area contributed by atoms with Gasteiger partial charge in [0.25, 0.3) is 0 Å². The van der Waals surface area contributed by atoms with E-state index in [1.165, 1.54) is 13.8 Å². The summed E-state index contributed by atoms with van der Waals surface area (Å²) in [7, 11) is 0. The lowest BCUT2D eigenvalue weighted by Crippen LogP contribution is -2.72. The number of hydrogen-bond donors (Lipinski definition) is 32. The standard InChI is InChI=1S/C73H122N4O53/c1-16-35(90)45(100)51(106)68(112-16)124-56-29(13-84)120-66(34(77-21(6)88)58(56)126-70-53(108)47(102)39(94)24(8-79)116-70)129-61-49(104)41(96)26(10-81)118-72(61)127-59-42(97)30(15-111-71-60(48(103)40(95)25(9-80)117-71)128-64-31(74-18(3)85)43(98)38(93)23(7-78)115-64)121-73(62(59)130-67-50(105)37(92)22(89)14-110-67)122-54-27(11-82)119-65(32(44(54)99)75-19(4)86)123-55-28(12-83)114-63(109)33(76-20(5)87)57(55)125-69-52(107)46(101)36(91)17(2)113-69/h16-17,22-73,78-84,89-109H,7-15H2,1-6H3,(H,74,85)(H,75,86)(H,76,87)(H,77,88)/t16-,17-,22+,23+,24+,25+,26+,27+,28+,29+,30+,31+,32+,33+,34+,35+,36+,37-,38+,39-,40+,41+,42+,43+,44+,45+,46+,47-,48-,49-,50+,51-,52-,53+,54+,55+,56+,57+,58+,59-,60-,61-,62-,63+,64-,65-,66-,67-,68-,69-,70-,71-,72+,73-/m0/s1. The second-order valence-electron chi connectivity index (χ2n) is 33.3. The molecule has 130 heavy (non-hydrogen) atoms. The Balaban J connectivity index is 1.02. The van der Waals surface area contributed by atoms with Crippen molar-refractivity contribution in [2.24, 2.45) is 0 Å². The highest BCUT2D eigenvalue weighted by Crippen LogP contribution is 2.43.